The average molecular weight is 117 g/mol. The zero-order valence-electron chi connectivity index (χ0n) is 5.14. The van der Waals surface area contributed by atoms with Crippen molar-refractivity contribution in [3.63, 3.8) is 0 Å². The van der Waals surface area contributed by atoms with Gasteiger partial charge >= 0.3 is 0 Å². The summed E-state index contributed by atoms with van der Waals surface area (Å²) in [6.45, 7) is 0.576. The van der Waals surface area contributed by atoms with Crippen molar-refractivity contribution in [2.75, 3.05) is 20.7 Å². The molecule has 4 nitrogen and oxygen atoms in total. The molecule has 0 heterocycles. The minimum Gasteiger partial charge on any atom is -0.482 e. The maximum absolute atomic E-state index is 4.89. The molecule has 0 unspecified atom stereocenters. The van der Waals surface area contributed by atoms with Gasteiger partial charge in [-0.3, -0.25) is 0 Å². The molecule has 0 fully saturated rings. The van der Waals surface area contributed by atoms with Crippen LogP contribution in [0.2, 0.25) is 0 Å². The van der Waals surface area contributed by atoms with Crippen molar-refractivity contribution in [2.45, 2.75) is 0 Å². The number of rotatable bonds is 2. The van der Waals surface area contributed by atoms with Gasteiger partial charge in [0.05, 0.1) is 13.7 Å². The van der Waals surface area contributed by atoms with E-state index in [0.717, 1.165) is 0 Å². The molecule has 0 saturated carbocycles. The number of ether oxygens (including phenoxy) is 1. The molecule has 8 heavy (non-hydrogen) atoms. The van der Waals surface area contributed by atoms with Crippen LogP contribution >= 0.6 is 0 Å². The van der Waals surface area contributed by atoms with Crippen LogP contribution in [-0.2, 0) is 4.74 Å². The third kappa shape index (κ3) is 2.41. The van der Waals surface area contributed by atoms with E-state index in [1.807, 2.05) is 0 Å². The highest BCUT2D eigenvalue weighted by Gasteiger charge is 1.90. The van der Waals surface area contributed by atoms with Crippen LogP contribution < -0.4 is 11.2 Å². The van der Waals surface area contributed by atoms with Crippen molar-refractivity contribution < 1.29 is 4.74 Å². The van der Waals surface area contributed by atoms with E-state index in [9.17, 15) is 0 Å². The standard InChI is InChI=1S/C4H11N3O/c1-6-3-4(7-5)8-2/h6H,3,5H2,1-2H3/b7-4-. The van der Waals surface area contributed by atoms with Gasteiger partial charge in [0.2, 0.25) is 5.90 Å². The normalized spacial score (nSPS) is 11.5. The minimum absolute atomic E-state index is 0.507. The number of nitrogens with one attached hydrogen (secondary N) is 1. The highest BCUT2D eigenvalue weighted by molar-refractivity contribution is 5.77. The first-order valence-electron chi connectivity index (χ1n) is 2.30. The number of hydrazone groups is 1. The predicted octanol–water partition coefficient (Wildman–Crippen LogP) is -0.876. The van der Waals surface area contributed by atoms with Crippen LogP contribution in [-0.4, -0.2) is 26.6 Å². The molecule has 0 aromatic heterocycles. The first-order valence-corrected chi connectivity index (χ1v) is 2.30. The molecule has 0 radical (unpaired) electrons. The van der Waals surface area contributed by atoms with Gasteiger partial charge in [0.15, 0.2) is 0 Å². The summed E-state index contributed by atoms with van der Waals surface area (Å²) >= 11 is 0. The maximum atomic E-state index is 4.89. The molecule has 0 spiro atoms. The fraction of sp³-hybridized carbons (Fsp3) is 0.750. The number of nitrogens with zero attached hydrogens (tertiary/aromatic N) is 1. The Morgan fingerprint density at radius 2 is 2.50 bits per heavy atom. The molecule has 48 valence electrons. The van der Waals surface area contributed by atoms with E-state index in [2.05, 4.69) is 10.4 Å². The third-order valence-corrected chi connectivity index (χ3v) is 0.708. The van der Waals surface area contributed by atoms with Crippen LogP contribution in [0.5, 0.6) is 0 Å². The van der Waals surface area contributed by atoms with Gasteiger partial charge in [-0.15, -0.1) is 5.10 Å². The molecule has 3 N–H and O–H groups in total. The second kappa shape index (κ2) is 4.39. The number of likely N-dealkylation sites (N-methyl/N-ethyl adjacent to an activating group) is 1. The first-order chi connectivity index (χ1) is 3.85. The lowest BCUT2D eigenvalue weighted by molar-refractivity contribution is 0.390. The second-order valence-corrected chi connectivity index (χ2v) is 1.26. The smallest absolute Gasteiger partial charge is 0.219 e. The summed E-state index contributed by atoms with van der Waals surface area (Å²) in [5.41, 5.74) is 0. The Bertz CT molecular complexity index is 81.4. The van der Waals surface area contributed by atoms with Gasteiger partial charge in [-0.05, 0) is 7.05 Å². The minimum atomic E-state index is 0.507. The topological polar surface area (TPSA) is 59.6 Å². The Labute approximate surface area is 48.7 Å². The molecular weight excluding hydrogens is 106 g/mol. The largest absolute Gasteiger partial charge is 0.482 e. The fourth-order valence-corrected chi connectivity index (χ4v) is 0.322. The lowest BCUT2D eigenvalue weighted by Gasteiger charge is -1.99. The van der Waals surface area contributed by atoms with Gasteiger partial charge in [-0.2, -0.15) is 0 Å². The lowest BCUT2D eigenvalue weighted by atomic mass is 10.6. The Hall–Kier alpha value is -0.770. The molecule has 0 amide bonds. The zero-order chi connectivity index (χ0) is 6.41. The summed E-state index contributed by atoms with van der Waals surface area (Å²) in [4.78, 5) is 0. The SMILES string of the molecule is CNC/C(=N/N)OC. The number of methoxy groups -OCH3 is 1. The van der Waals surface area contributed by atoms with Crippen LogP contribution in [0.3, 0.4) is 0 Å². The Kier molecular flexibility index (Phi) is 3.97. The Morgan fingerprint density at radius 1 is 1.88 bits per heavy atom. The second-order valence-electron chi connectivity index (χ2n) is 1.26. The molecule has 4 heteroatoms. The van der Waals surface area contributed by atoms with E-state index in [1.165, 1.54) is 7.11 Å². The molecule has 0 aliphatic carbocycles. The fourth-order valence-electron chi connectivity index (χ4n) is 0.322. The van der Waals surface area contributed by atoms with Crippen LogP contribution in [0.4, 0.5) is 0 Å². The van der Waals surface area contributed by atoms with Crippen LogP contribution in [0, 0.1) is 0 Å². The van der Waals surface area contributed by atoms with Crippen molar-refractivity contribution in [2.24, 2.45) is 10.9 Å². The molecule has 0 aromatic rings. The molecular formula is C4H11N3O. The summed E-state index contributed by atoms with van der Waals surface area (Å²) in [6.07, 6.45) is 0. The number of nitrogens with two attached hydrogens (primary N) is 1. The van der Waals surface area contributed by atoms with Crippen molar-refractivity contribution >= 4 is 5.90 Å². The van der Waals surface area contributed by atoms with Crippen LogP contribution in [0.25, 0.3) is 0 Å². The van der Waals surface area contributed by atoms with Crippen LogP contribution in [0.1, 0.15) is 0 Å². The van der Waals surface area contributed by atoms with E-state index < -0.39 is 0 Å². The number of hydrogen-bond donors (Lipinski definition) is 2. The van der Waals surface area contributed by atoms with Crippen molar-refractivity contribution in [1.29, 1.82) is 0 Å². The Morgan fingerprint density at radius 3 is 2.62 bits per heavy atom. The summed E-state index contributed by atoms with van der Waals surface area (Å²) < 4.78 is 4.70. The highest BCUT2D eigenvalue weighted by atomic mass is 16.5. The molecule has 0 saturated heterocycles. The van der Waals surface area contributed by atoms with Crippen molar-refractivity contribution in [3.8, 4) is 0 Å². The predicted molar refractivity (Wildman–Crippen MR) is 32.6 cm³/mol. The summed E-state index contributed by atoms with van der Waals surface area (Å²) in [7, 11) is 3.33. The molecule has 0 bridgehead atoms. The molecule has 0 rings (SSSR count). The van der Waals surface area contributed by atoms with E-state index in [-0.39, 0.29) is 0 Å². The molecule has 0 aliphatic heterocycles. The van der Waals surface area contributed by atoms with E-state index in [0.29, 0.717) is 12.4 Å². The molecule has 0 atom stereocenters. The van der Waals surface area contributed by atoms with E-state index in [1.54, 1.807) is 7.05 Å². The van der Waals surface area contributed by atoms with Crippen LogP contribution in [0.15, 0.2) is 5.10 Å². The molecule has 0 aromatic carbocycles. The van der Waals surface area contributed by atoms with Gasteiger partial charge < -0.3 is 15.9 Å². The average Bonchev–Trinajstić information content (AvgIpc) is 1.83. The highest BCUT2D eigenvalue weighted by Crippen LogP contribution is 1.70. The molecule has 0 aliphatic rings. The summed E-state index contributed by atoms with van der Waals surface area (Å²) in [6, 6.07) is 0. The van der Waals surface area contributed by atoms with Crippen molar-refractivity contribution in [3.05, 3.63) is 0 Å². The quantitative estimate of drug-likeness (QED) is 0.214. The summed E-state index contributed by atoms with van der Waals surface area (Å²) in [5, 5.41) is 6.16. The summed E-state index contributed by atoms with van der Waals surface area (Å²) in [5.74, 6) is 5.40. The van der Waals surface area contributed by atoms with Crippen molar-refractivity contribution in [1.82, 2.24) is 5.32 Å². The lowest BCUT2D eigenvalue weighted by Crippen LogP contribution is -2.21. The van der Waals surface area contributed by atoms with Gasteiger partial charge in [-0.25, -0.2) is 0 Å². The van der Waals surface area contributed by atoms with Gasteiger partial charge in [0.25, 0.3) is 0 Å². The van der Waals surface area contributed by atoms with Gasteiger partial charge in [0, 0.05) is 0 Å². The van der Waals surface area contributed by atoms with Gasteiger partial charge in [0.1, 0.15) is 0 Å². The van der Waals surface area contributed by atoms with E-state index >= 15 is 0 Å². The maximum Gasteiger partial charge on any atom is 0.219 e. The zero-order valence-corrected chi connectivity index (χ0v) is 5.14. The van der Waals surface area contributed by atoms with Gasteiger partial charge in [-0.1, -0.05) is 0 Å². The first kappa shape index (κ1) is 7.23. The Balaban J connectivity index is 3.38. The number of hydrogen-bond acceptors (Lipinski definition) is 4. The monoisotopic (exact) mass is 117 g/mol. The third-order valence-electron chi connectivity index (χ3n) is 0.708. The van der Waals surface area contributed by atoms with E-state index in [4.69, 9.17) is 10.6 Å².